The molecule has 0 N–H and O–H groups in total. The molecule has 114 valence electrons. The predicted molar refractivity (Wildman–Crippen MR) is 84.5 cm³/mol. The molecule has 2 saturated heterocycles. The van der Waals surface area contributed by atoms with Gasteiger partial charge in [-0.25, -0.2) is 0 Å². The Morgan fingerprint density at radius 2 is 1.67 bits per heavy atom. The molecule has 2 fully saturated rings. The predicted octanol–water partition coefficient (Wildman–Crippen LogP) is 4.05. The number of carbonyl (C=O) groups excluding carboxylic acids is 1. The third kappa shape index (κ3) is 3.37. The Balaban J connectivity index is 1.62. The van der Waals surface area contributed by atoms with Crippen LogP contribution in [-0.4, -0.2) is 18.0 Å². The number of hydrogen-bond acceptors (Lipinski definition) is 2. The second-order valence-electron chi connectivity index (χ2n) is 7.72. The van der Waals surface area contributed by atoms with Crippen LogP contribution in [-0.2, 0) is 21.4 Å². The van der Waals surface area contributed by atoms with Crippen LogP contribution in [0, 0.1) is 5.92 Å². The third-order valence-corrected chi connectivity index (χ3v) is 4.94. The first-order valence-electron chi connectivity index (χ1n) is 8.19. The molecule has 0 radical (unpaired) electrons. The average molecular weight is 286 g/mol. The van der Waals surface area contributed by atoms with E-state index >= 15 is 0 Å². The molecule has 2 aliphatic rings. The molecule has 2 nitrogen and oxygen atoms in total. The smallest absolute Gasteiger partial charge is 0.140 e. The Hall–Kier alpha value is -1.15. The molecule has 2 heteroatoms. The number of fused-ring (bicyclic) bond motifs is 2. The lowest BCUT2D eigenvalue weighted by Gasteiger charge is -2.27. The molecule has 2 bridgehead atoms. The Morgan fingerprint density at radius 3 is 2.19 bits per heavy atom. The Labute approximate surface area is 127 Å². The standard InChI is InChI=1S/C19H26O2/c1-19(2,3)15-6-4-13(5-7-15)10-18(20)14-11-16-8-9-17(12-14)21-16/h4-7,14,16-17H,8-12H2,1-3H3. The summed E-state index contributed by atoms with van der Waals surface area (Å²) in [4.78, 5) is 12.5. The van der Waals surface area contributed by atoms with Gasteiger partial charge in [0, 0.05) is 12.3 Å². The molecule has 3 rings (SSSR count). The van der Waals surface area contributed by atoms with Crippen LogP contribution in [0.3, 0.4) is 0 Å². The van der Waals surface area contributed by atoms with Gasteiger partial charge >= 0.3 is 0 Å². The Kier molecular flexibility index (Phi) is 3.92. The van der Waals surface area contributed by atoms with E-state index in [9.17, 15) is 4.79 Å². The monoisotopic (exact) mass is 286 g/mol. The largest absolute Gasteiger partial charge is 0.375 e. The van der Waals surface area contributed by atoms with Crippen molar-refractivity contribution in [1.82, 2.24) is 0 Å². The van der Waals surface area contributed by atoms with Gasteiger partial charge in [0.2, 0.25) is 0 Å². The molecule has 0 saturated carbocycles. The van der Waals surface area contributed by atoms with Crippen LogP contribution in [0.15, 0.2) is 24.3 Å². The minimum absolute atomic E-state index is 0.169. The number of benzene rings is 1. The molecule has 1 aromatic rings. The van der Waals surface area contributed by atoms with E-state index in [2.05, 4.69) is 45.0 Å². The van der Waals surface area contributed by atoms with Crippen LogP contribution in [0.5, 0.6) is 0 Å². The molecule has 0 spiro atoms. The lowest BCUT2D eigenvalue weighted by molar-refractivity contribution is -0.127. The van der Waals surface area contributed by atoms with Gasteiger partial charge in [-0.05, 0) is 42.2 Å². The van der Waals surface area contributed by atoms with Crippen molar-refractivity contribution in [2.45, 2.75) is 70.5 Å². The SMILES string of the molecule is CC(C)(C)c1ccc(CC(=O)C2CC3CCC(C2)O3)cc1. The van der Waals surface area contributed by atoms with Gasteiger partial charge in [-0.3, -0.25) is 4.79 Å². The van der Waals surface area contributed by atoms with Crippen LogP contribution < -0.4 is 0 Å². The first-order valence-corrected chi connectivity index (χ1v) is 8.19. The fourth-order valence-corrected chi connectivity index (χ4v) is 3.59. The number of ketones is 1. The van der Waals surface area contributed by atoms with E-state index in [1.54, 1.807) is 0 Å². The zero-order chi connectivity index (χ0) is 15.0. The van der Waals surface area contributed by atoms with Gasteiger partial charge in [0.15, 0.2) is 0 Å². The minimum atomic E-state index is 0.169. The maximum absolute atomic E-state index is 12.5. The van der Waals surface area contributed by atoms with Crippen LogP contribution in [0.25, 0.3) is 0 Å². The highest BCUT2D eigenvalue weighted by atomic mass is 16.5. The summed E-state index contributed by atoms with van der Waals surface area (Å²) in [6, 6.07) is 8.56. The summed E-state index contributed by atoms with van der Waals surface area (Å²) in [7, 11) is 0. The van der Waals surface area contributed by atoms with Crippen molar-refractivity contribution in [3.8, 4) is 0 Å². The van der Waals surface area contributed by atoms with Crippen molar-refractivity contribution in [2.75, 3.05) is 0 Å². The highest BCUT2D eigenvalue weighted by molar-refractivity contribution is 5.83. The van der Waals surface area contributed by atoms with Crippen molar-refractivity contribution in [2.24, 2.45) is 5.92 Å². The normalized spacial score (nSPS) is 28.6. The maximum Gasteiger partial charge on any atom is 0.140 e. The highest BCUT2D eigenvalue weighted by Crippen LogP contribution is 2.36. The van der Waals surface area contributed by atoms with E-state index in [1.165, 1.54) is 5.56 Å². The van der Waals surface area contributed by atoms with Gasteiger partial charge in [0.1, 0.15) is 5.78 Å². The van der Waals surface area contributed by atoms with Gasteiger partial charge < -0.3 is 4.74 Å². The van der Waals surface area contributed by atoms with E-state index in [0.717, 1.165) is 31.2 Å². The summed E-state index contributed by atoms with van der Waals surface area (Å²) in [6.45, 7) is 6.64. The minimum Gasteiger partial charge on any atom is -0.375 e. The summed E-state index contributed by atoms with van der Waals surface area (Å²) in [6.07, 6.45) is 5.45. The molecule has 0 amide bonds. The van der Waals surface area contributed by atoms with Crippen LogP contribution in [0.2, 0.25) is 0 Å². The first kappa shape index (κ1) is 14.8. The fraction of sp³-hybridized carbons (Fsp3) is 0.632. The first-order chi connectivity index (χ1) is 9.91. The molecule has 21 heavy (non-hydrogen) atoms. The van der Waals surface area contributed by atoms with E-state index in [1.807, 2.05) is 0 Å². The molecule has 0 aliphatic carbocycles. The number of ether oxygens (including phenoxy) is 1. The average Bonchev–Trinajstić information content (AvgIpc) is 2.77. The van der Waals surface area contributed by atoms with E-state index in [0.29, 0.717) is 24.4 Å². The lowest BCUT2D eigenvalue weighted by Crippen LogP contribution is -2.30. The second-order valence-corrected chi connectivity index (χ2v) is 7.72. The number of carbonyl (C=O) groups is 1. The number of hydrogen-bond donors (Lipinski definition) is 0. The lowest BCUT2D eigenvalue weighted by atomic mass is 9.85. The molecule has 0 aromatic heterocycles. The summed E-state index contributed by atoms with van der Waals surface area (Å²) < 4.78 is 5.83. The van der Waals surface area contributed by atoms with Crippen LogP contribution in [0.1, 0.15) is 57.6 Å². The molecular formula is C19H26O2. The van der Waals surface area contributed by atoms with Crippen LogP contribution >= 0.6 is 0 Å². The summed E-state index contributed by atoms with van der Waals surface area (Å²) in [5.74, 6) is 0.622. The zero-order valence-corrected chi connectivity index (χ0v) is 13.4. The van der Waals surface area contributed by atoms with E-state index in [4.69, 9.17) is 4.74 Å². The molecule has 2 atom stereocenters. The zero-order valence-electron chi connectivity index (χ0n) is 13.4. The van der Waals surface area contributed by atoms with Gasteiger partial charge in [-0.2, -0.15) is 0 Å². The Bertz CT molecular complexity index is 497. The summed E-state index contributed by atoms with van der Waals surface area (Å²) in [5.41, 5.74) is 2.64. The topological polar surface area (TPSA) is 26.3 Å². The fourth-order valence-electron chi connectivity index (χ4n) is 3.59. The molecule has 2 unspecified atom stereocenters. The van der Waals surface area contributed by atoms with Crippen molar-refractivity contribution in [1.29, 1.82) is 0 Å². The van der Waals surface area contributed by atoms with E-state index < -0.39 is 0 Å². The molecule has 1 aromatic carbocycles. The summed E-state index contributed by atoms with van der Waals surface area (Å²) >= 11 is 0. The van der Waals surface area contributed by atoms with Crippen LogP contribution in [0.4, 0.5) is 0 Å². The Morgan fingerprint density at radius 1 is 1.10 bits per heavy atom. The van der Waals surface area contributed by atoms with Crippen molar-refractivity contribution in [3.05, 3.63) is 35.4 Å². The number of Topliss-reactive ketones (excluding diaryl/α,β-unsaturated/α-hetero) is 1. The maximum atomic E-state index is 12.5. The van der Waals surface area contributed by atoms with Gasteiger partial charge in [0.05, 0.1) is 12.2 Å². The van der Waals surface area contributed by atoms with Crippen molar-refractivity contribution in [3.63, 3.8) is 0 Å². The molecular weight excluding hydrogens is 260 g/mol. The summed E-state index contributed by atoms with van der Waals surface area (Å²) in [5, 5.41) is 0. The van der Waals surface area contributed by atoms with Gasteiger partial charge in [-0.1, -0.05) is 45.0 Å². The third-order valence-electron chi connectivity index (χ3n) is 4.94. The van der Waals surface area contributed by atoms with Crippen molar-refractivity contribution >= 4 is 5.78 Å². The highest BCUT2D eigenvalue weighted by Gasteiger charge is 2.37. The van der Waals surface area contributed by atoms with Gasteiger partial charge in [0.25, 0.3) is 0 Å². The molecule has 2 heterocycles. The number of rotatable bonds is 3. The quantitative estimate of drug-likeness (QED) is 0.838. The molecule has 2 aliphatic heterocycles. The van der Waals surface area contributed by atoms with Gasteiger partial charge in [-0.15, -0.1) is 0 Å². The van der Waals surface area contributed by atoms with E-state index in [-0.39, 0.29) is 11.3 Å². The van der Waals surface area contributed by atoms with Crippen molar-refractivity contribution < 1.29 is 9.53 Å². The second kappa shape index (κ2) is 5.57.